The quantitative estimate of drug-likeness (QED) is 0.166. The Labute approximate surface area is 297 Å². The average molecular weight is 745 g/mol. The molecule has 0 aliphatic heterocycles. The Balaban J connectivity index is 1.67. The van der Waals surface area contributed by atoms with Gasteiger partial charge >= 0.3 is 299 Å². The molecule has 0 heterocycles. The van der Waals surface area contributed by atoms with E-state index in [0.717, 1.165) is 12.8 Å². The first-order valence-electron chi connectivity index (χ1n) is 17.4. The molecule has 2 aliphatic rings. The molecule has 4 aromatic rings. The first kappa shape index (κ1) is 35.2. The third-order valence-electron chi connectivity index (χ3n) is 10.7. The molecule has 3 heteroatoms. The molecule has 0 saturated carbocycles. The van der Waals surface area contributed by atoms with Crippen molar-refractivity contribution in [3.05, 3.63) is 104 Å². The van der Waals surface area contributed by atoms with E-state index < -0.39 is 17.9 Å². The Bertz CT molecular complexity index is 1810. The molecular formula is C44H54Cl2Zr. The first-order valence-corrected chi connectivity index (χ1v) is 26.2. The molecular weight excluding hydrogens is 691 g/mol. The molecule has 0 fully saturated rings. The average Bonchev–Trinajstić information content (AvgIpc) is 3.49. The molecule has 0 amide bonds. The Morgan fingerprint density at radius 2 is 0.830 bits per heavy atom. The van der Waals surface area contributed by atoms with Gasteiger partial charge in [0.1, 0.15) is 0 Å². The third kappa shape index (κ3) is 5.87. The van der Waals surface area contributed by atoms with E-state index >= 15 is 0 Å². The summed E-state index contributed by atoms with van der Waals surface area (Å²) >= 11 is -4.43. The minimum atomic E-state index is -4.43. The second kappa shape index (κ2) is 11.2. The van der Waals surface area contributed by atoms with Gasteiger partial charge < -0.3 is 0 Å². The summed E-state index contributed by atoms with van der Waals surface area (Å²) in [7, 11) is 16.7. The van der Waals surface area contributed by atoms with Crippen LogP contribution in [0.3, 0.4) is 0 Å². The summed E-state index contributed by atoms with van der Waals surface area (Å²) in [6, 6.07) is 19.2. The zero-order valence-electron chi connectivity index (χ0n) is 31.3. The standard InChI is InChI=1S/2C22H27.2ClH.Zr/c2*1-14-10-18(22(5,6)7)13-16-11-15-12-17(21(2,3)4)8-9-19(15)20(14)16;;;/h2*8-10,12H,11H2,1-7H3;2*1H;/q;;;;+2/p-2. The van der Waals surface area contributed by atoms with Crippen molar-refractivity contribution in [3.63, 3.8) is 0 Å². The molecule has 47 heavy (non-hydrogen) atoms. The van der Waals surface area contributed by atoms with Gasteiger partial charge in [-0.2, -0.15) is 0 Å². The summed E-state index contributed by atoms with van der Waals surface area (Å²) in [6.07, 6.45) is 1.78. The van der Waals surface area contributed by atoms with E-state index in [2.05, 4.69) is 145 Å². The zero-order chi connectivity index (χ0) is 34.8. The predicted molar refractivity (Wildman–Crippen MR) is 205 cm³/mol. The summed E-state index contributed by atoms with van der Waals surface area (Å²) in [5.74, 6) is 0. The summed E-state index contributed by atoms with van der Waals surface area (Å²) in [4.78, 5) is 0. The third-order valence-corrected chi connectivity index (χ3v) is 21.1. The van der Waals surface area contributed by atoms with Gasteiger partial charge in [0.15, 0.2) is 0 Å². The van der Waals surface area contributed by atoms with E-state index in [9.17, 15) is 0 Å². The second-order valence-corrected chi connectivity index (χ2v) is 31.7. The van der Waals surface area contributed by atoms with Crippen molar-refractivity contribution in [1.29, 1.82) is 0 Å². The maximum absolute atomic E-state index is 8.35. The molecule has 0 bridgehead atoms. The predicted octanol–water partition coefficient (Wildman–Crippen LogP) is 12.0. The van der Waals surface area contributed by atoms with Crippen LogP contribution in [0.15, 0.2) is 48.5 Å². The maximum atomic E-state index is 8.35. The number of aryl methyl sites for hydroxylation is 2. The van der Waals surface area contributed by atoms with Gasteiger partial charge in [0.25, 0.3) is 0 Å². The molecule has 0 atom stereocenters. The fourth-order valence-electron chi connectivity index (χ4n) is 8.18. The van der Waals surface area contributed by atoms with Crippen molar-refractivity contribution in [2.24, 2.45) is 0 Å². The molecule has 6 rings (SSSR count). The SMILES string of the molecule is Cc1cc(C(C)(C)C)[c]([Zr]([Cl])([Cl])[c]2c(C(C)(C)C)cc(C)c3c2Cc2cc(C(C)(C)C)ccc2-3)c2c1-c1ccc(C(C)(C)C)cc1C2. The van der Waals surface area contributed by atoms with Crippen LogP contribution in [0.25, 0.3) is 22.3 Å². The number of hydrogen-bond acceptors (Lipinski definition) is 0. The molecule has 248 valence electrons. The Morgan fingerprint density at radius 1 is 0.489 bits per heavy atom. The number of hydrogen-bond donors (Lipinski definition) is 0. The fraction of sp³-hybridized carbons (Fsp3) is 0.455. The van der Waals surface area contributed by atoms with Gasteiger partial charge in [0, 0.05) is 0 Å². The number of benzene rings is 4. The summed E-state index contributed by atoms with van der Waals surface area (Å²) in [5.41, 5.74) is 19.1. The molecule has 0 unspecified atom stereocenters. The van der Waals surface area contributed by atoms with Crippen molar-refractivity contribution in [2.75, 3.05) is 0 Å². The number of fused-ring (bicyclic) bond motifs is 6. The van der Waals surface area contributed by atoms with Crippen LogP contribution in [0, 0.1) is 13.8 Å². The van der Waals surface area contributed by atoms with Crippen LogP contribution in [0.5, 0.6) is 0 Å². The van der Waals surface area contributed by atoms with E-state index in [0.29, 0.717) is 0 Å². The van der Waals surface area contributed by atoms with Crippen molar-refractivity contribution >= 4 is 23.6 Å². The van der Waals surface area contributed by atoms with Crippen LogP contribution in [0.4, 0.5) is 0 Å². The van der Waals surface area contributed by atoms with Crippen molar-refractivity contribution in [1.82, 2.24) is 0 Å². The van der Waals surface area contributed by atoms with E-state index in [1.165, 1.54) is 84.4 Å². The van der Waals surface area contributed by atoms with Gasteiger partial charge in [-0.15, -0.1) is 0 Å². The van der Waals surface area contributed by atoms with Gasteiger partial charge in [-0.05, 0) is 0 Å². The monoisotopic (exact) mass is 742 g/mol. The summed E-state index contributed by atoms with van der Waals surface area (Å²) < 4.78 is 2.60. The molecule has 0 nitrogen and oxygen atoms in total. The molecule has 0 radical (unpaired) electrons. The van der Waals surface area contributed by atoms with E-state index in [1.807, 2.05) is 0 Å². The van der Waals surface area contributed by atoms with Crippen LogP contribution < -0.4 is 6.54 Å². The van der Waals surface area contributed by atoms with E-state index in [4.69, 9.17) is 17.0 Å². The Kier molecular flexibility index (Phi) is 8.36. The normalized spacial score (nSPS) is 14.6. The second-order valence-electron chi connectivity index (χ2n) is 18.6. The Morgan fingerprint density at radius 3 is 1.13 bits per heavy atom. The minimum absolute atomic E-state index is 0.0894. The van der Waals surface area contributed by atoms with E-state index in [-0.39, 0.29) is 21.7 Å². The van der Waals surface area contributed by atoms with Gasteiger partial charge in [-0.3, -0.25) is 0 Å². The fourth-order valence-corrected chi connectivity index (χ4v) is 20.7. The number of halogens is 2. The van der Waals surface area contributed by atoms with Gasteiger partial charge in [0.05, 0.1) is 0 Å². The van der Waals surface area contributed by atoms with Crippen LogP contribution in [0.2, 0.25) is 0 Å². The van der Waals surface area contributed by atoms with Gasteiger partial charge in [-0.25, -0.2) is 0 Å². The van der Waals surface area contributed by atoms with Crippen molar-refractivity contribution in [2.45, 2.75) is 131 Å². The molecule has 0 spiro atoms. The summed E-state index contributed by atoms with van der Waals surface area (Å²) in [6.45, 7) is 32.4. The molecule has 0 saturated heterocycles. The zero-order valence-corrected chi connectivity index (χ0v) is 35.3. The van der Waals surface area contributed by atoms with Gasteiger partial charge in [0.2, 0.25) is 0 Å². The van der Waals surface area contributed by atoms with E-state index in [1.54, 1.807) is 0 Å². The van der Waals surface area contributed by atoms with Crippen LogP contribution in [0.1, 0.15) is 139 Å². The molecule has 4 aromatic carbocycles. The first-order chi connectivity index (χ1) is 21.4. The Hall–Kier alpha value is -1.66. The van der Waals surface area contributed by atoms with Crippen LogP contribution >= 0.6 is 17.0 Å². The molecule has 2 aliphatic carbocycles. The van der Waals surface area contributed by atoms with Crippen molar-refractivity contribution < 1.29 is 17.9 Å². The van der Waals surface area contributed by atoms with Gasteiger partial charge in [-0.1, -0.05) is 0 Å². The van der Waals surface area contributed by atoms with Crippen LogP contribution in [-0.2, 0) is 52.4 Å². The number of rotatable bonds is 2. The van der Waals surface area contributed by atoms with Crippen LogP contribution in [-0.4, -0.2) is 0 Å². The summed E-state index contributed by atoms with van der Waals surface area (Å²) in [5, 5.41) is 0. The van der Waals surface area contributed by atoms with Crippen molar-refractivity contribution in [3.8, 4) is 22.3 Å². The molecule has 0 N–H and O–H groups in total. The molecule has 0 aromatic heterocycles. The topological polar surface area (TPSA) is 0 Å².